The highest BCUT2D eigenvalue weighted by Gasteiger charge is 2.21. The lowest BCUT2D eigenvalue weighted by Gasteiger charge is -1.93. The van der Waals surface area contributed by atoms with E-state index in [-0.39, 0.29) is 6.08 Å². The van der Waals surface area contributed by atoms with Crippen molar-refractivity contribution < 1.29 is 32.6 Å². The molecule has 0 spiro atoms. The van der Waals surface area contributed by atoms with Crippen molar-refractivity contribution in [2.45, 2.75) is 6.18 Å². The third kappa shape index (κ3) is 35.0. The van der Waals surface area contributed by atoms with Crippen molar-refractivity contribution in [2.24, 2.45) is 4.99 Å². The van der Waals surface area contributed by atoms with E-state index in [1.807, 2.05) is 0 Å². The highest BCUT2D eigenvalue weighted by molar-refractivity contribution is 7.38. The lowest BCUT2D eigenvalue weighted by molar-refractivity contribution is -0.0799. The first-order chi connectivity index (χ1) is 5.79. The van der Waals surface area contributed by atoms with E-state index >= 15 is 0 Å². The molecular weight excluding hydrogens is 214 g/mol. The Bertz CT molecular complexity index is 195. The number of hydrogen-bond donors (Lipinski definition) is 3. The minimum absolute atomic E-state index is 0.155. The van der Waals surface area contributed by atoms with Crippen LogP contribution in [0, 0.1) is 0 Å². The van der Waals surface area contributed by atoms with E-state index in [0.29, 0.717) is 6.20 Å². The van der Waals surface area contributed by atoms with Gasteiger partial charge in [-0.1, -0.05) is 0 Å². The second kappa shape index (κ2) is 7.85. The smallest absolute Gasteiger partial charge is 0.328 e. The Morgan fingerprint density at radius 3 is 1.92 bits per heavy atom. The largest absolute Gasteiger partial charge is 0.411 e. The fraction of sp³-hybridized carbons (Fsp3) is 0.250. The van der Waals surface area contributed by atoms with Crippen LogP contribution < -0.4 is 0 Å². The van der Waals surface area contributed by atoms with Gasteiger partial charge in [-0.15, -0.1) is 0 Å². The molecule has 0 aliphatic heterocycles. The standard InChI is InChI=1S/C4H2F3NO.H3O3P/c5-4(6,7)1-2-8-3-9;1-4(2)3/h1-2H;1-3H. The van der Waals surface area contributed by atoms with Crippen LogP contribution in [0.5, 0.6) is 0 Å². The Labute approximate surface area is 71.8 Å². The zero-order chi connectivity index (χ0) is 10.9. The third-order valence-electron chi connectivity index (χ3n) is 0.391. The molecule has 0 aromatic carbocycles. The molecule has 0 aliphatic carbocycles. The monoisotopic (exact) mass is 219 g/mol. The molecule has 0 amide bonds. The number of hydrogen-bond acceptors (Lipinski definition) is 5. The molecule has 3 N–H and O–H groups in total. The molecule has 0 heterocycles. The van der Waals surface area contributed by atoms with Gasteiger partial charge in [0.15, 0.2) is 0 Å². The van der Waals surface area contributed by atoms with Gasteiger partial charge in [0.05, 0.1) is 0 Å². The molecule has 0 saturated carbocycles. The van der Waals surface area contributed by atoms with Crippen LogP contribution in [0.25, 0.3) is 0 Å². The van der Waals surface area contributed by atoms with Gasteiger partial charge in [0.1, 0.15) is 0 Å². The van der Waals surface area contributed by atoms with E-state index in [1.54, 1.807) is 0 Å². The van der Waals surface area contributed by atoms with Crippen molar-refractivity contribution in [3.05, 3.63) is 12.3 Å². The highest BCUT2D eigenvalue weighted by atomic mass is 31.2. The van der Waals surface area contributed by atoms with E-state index in [1.165, 1.54) is 0 Å². The second-order valence-corrected chi connectivity index (χ2v) is 1.88. The number of isocyanates is 1. The van der Waals surface area contributed by atoms with Crippen LogP contribution in [0.2, 0.25) is 0 Å². The lowest BCUT2D eigenvalue weighted by atomic mass is 10.6. The van der Waals surface area contributed by atoms with E-state index in [9.17, 15) is 18.0 Å². The Kier molecular flexibility index (Phi) is 8.89. The Morgan fingerprint density at radius 1 is 1.31 bits per heavy atom. The molecule has 0 fully saturated rings. The first kappa shape index (κ1) is 14.7. The Balaban J connectivity index is 0. The summed E-state index contributed by atoms with van der Waals surface area (Å²) in [6.45, 7) is 0. The van der Waals surface area contributed by atoms with Crippen molar-refractivity contribution in [3.8, 4) is 0 Å². The van der Waals surface area contributed by atoms with Crippen molar-refractivity contribution in [2.75, 3.05) is 0 Å². The minimum Gasteiger partial charge on any atom is -0.328 e. The quantitative estimate of drug-likeness (QED) is 0.342. The predicted molar refractivity (Wildman–Crippen MR) is 36.9 cm³/mol. The van der Waals surface area contributed by atoms with Gasteiger partial charge in [-0.2, -0.15) is 18.2 Å². The fourth-order valence-electron chi connectivity index (χ4n) is 0.152. The van der Waals surface area contributed by atoms with E-state index < -0.39 is 14.8 Å². The molecule has 0 aromatic rings. The van der Waals surface area contributed by atoms with Gasteiger partial charge in [-0.3, -0.25) is 0 Å². The van der Waals surface area contributed by atoms with Crippen LogP contribution in [0.1, 0.15) is 0 Å². The molecular formula is C4H5F3NO4P. The summed E-state index contributed by atoms with van der Waals surface area (Å²) < 4.78 is 33.3. The molecule has 0 aliphatic rings. The fourth-order valence-corrected chi connectivity index (χ4v) is 0.152. The maximum Gasteiger partial charge on any atom is 0.411 e. The molecule has 0 unspecified atom stereocenters. The van der Waals surface area contributed by atoms with Crippen LogP contribution >= 0.6 is 8.60 Å². The number of allylic oxidation sites excluding steroid dienone is 1. The van der Waals surface area contributed by atoms with Crippen LogP contribution in [0.15, 0.2) is 17.3 Å². The topological polar surface area (TPSA) is 90.1 Å². The van der Waals surface area contributed by atoms with Gasteiger partial charge in [0.2, 0.25) is 6.08 Å². The van der Waals surface area contributed by atoms with E-state index in [0.717, 1.165) is 6.08 Å². The molecule has 0 atom stereocenters. The average Bonchev–Trinajstić information content (AvgIpc) is 1.83. The normalized spacial score (nSPS) is 10.7. The van der Waals surface area contributed by atoms with Gasteiger partial charge in [-0.05, 0) is 0 Å². The summed E-state index contributed by atoms with van der Waals surface area (Å²) in [6, 6.07) is 0. The summed E-state index contributed by atoms with van der Waals surface area (Å²) in [5.41, 5.74) is 0. The van der Waals surface area contributed by atoms with E-state index in [4.69, 9.17) is 14.7 Å². The predicted octanol–water partition coefficient (Wildman–Crippen LogP) is 0.588. The zero-order valence-corrected chi connectivity index (χ0v) is 6.83. The van der Waals surface area contributed by atoms with Gasteiger partial charge in [0.25, 0.3) is 0 Å². The number of nitrogens with zero attached hydrogens (tertiary/aromatic N) is 1. The molecule has 0 rings (SSSR count). The number of carbonyl (C=O) groups excluding carboxylic acids is 1. The Hall–Kier alpha value is -0.780. The number of aliphatic imine (C=N–C) groups is 1. The van der Waals surface area contributed by atoms with Crippen molar-refractivity contribution in [1.29, 1.82) is 0 Å². The van der Waals surface area contributed by atoms with Crippen molar-refractivity contribution >= 4 is 14.7 Å². The van der Waals surface area contributed by atoms with Gasteiger partial charge >= 0.3 is 14.8 Å². The first-order valence-electron chi connectivity index (χ1n) is 2.47. The van der Waals surface area contributed by atoms with Gasteiger partial charge in [0, 0.05) is 12.3 Å². The number of rotatable bonds is 1. The summed E-state index contributed by atoms with van der Waals surface area (Å²) in [4.78, 5) is 33.4. The highest BCUT2D eigenvalue weighted by Crippen LogP contribution is 2.15. The minimum atomic E-state index is -4.40. The molecule has 76 valence electrons. The summed E-state index contributed by atoms with van der Waals surface area (Å²) in [6.07, 6.45) is -3.29. The summed E-state index contributed by atoms with van der Waals surface area (Å²) in [5, 5.41) is 0. The average molecular weight is 219 g/mol. The van der Waals surface area contributed by atoms with Crippen LogP contribution in [-0.2, 0) is 4.79 Å². The molecule has 0 radical (unpaired) electrons. The van der Waals surface area contributed by atoms with Crippen molar-refractivity contribution in [1.82, 2.24) is 0 Å². The zero-order valence-electron chi connectivity index (χ0n) is 5.93. The van der Waals surface area contributed by atoms with E-state index in [2.05, 4.69) is 4.99 Å². The summed E-state index contributed by atoms with van der Waals surface area (Å²) in [7, 11) is -2.62. The Morgan fingerprint density at radius 2 is 1.69 bits per heavy atom. The number of alkyl halides is 3. The third-order valence-corrected chi connectivity index (χ3v) is 0.391. The number of halogens is 3. The summed E-state index contributed by atoms with van der Waals surface area (Å²) >= 11 is 0. The van der Waals surface area contributed by atoms with Crippen LogP contribution in [-0.4, -0.2) is 26.9 Å². The van der Waals surface area contributed by atoms with Crippen molar-refractivity contribution in [3.63, 3.8) is 0 Å². The summed E-state index contributed by atoms with van der Waals surface area (Å²) in [5.74, 6) is 0. The van der Waals surface area contributed by atoms with Gasteiger partial charge < -0.3 is 14.7 Å². The maximum atomic E-state index is 11.1. The van der Waals surface area contributed by atoms with Crippen LogP contribution in [0.3, 0.4) is 0 Å². The van der Waals surface area contributed by atoms with Gasteiger partial charge in [-0.25, -0.2) is 4.79 Å². The lowest BCUT2D eigenvalue weighted by Crippen LogP contribution is -1.99. The molecule has 0 saturated heterocycles. The van der Waals surface area contributed by atoms with Crippen LogP contribution in [0.4, 0.5) is 13.2 Å². The SMILES string of the molecule is O=C=NC=CC(F)(F)F.OP(O)O. The molecule has 5 nitrogen and oxygen atoms in total. The molecule has 13 heavy (non-hydrogen) atoms. The first-order valence-corrected chi connectivity index (χ1v) is 3.67. The molecule has 0 bridgehead atoms. The molecule has 9 heteroatoms. The maximum absolute atomic E-state index is 11.1. The molecule has 0 aromatic heterocycles. The second-order valence-electron chi connectivity index (χ2n) is 1.35.